The molecule has 0 unspecified atom stereocenters. The third-order valence-corrected chi connectivity index (χ3v) is 3.99. The van der Waals surface area contributed by atoms with Crippen LogP contribution in [0.25, 0.3) is 16.9 Å². The van der Waals surface area contributed by atoms with E-state index >= 15 is 0 Å². The molecule has 2 aromatic heterocycles. The highest BCUT2D eigenvalue weighted by atomic mass is 15.2. The van der Waals surface area contributed by atoms with Gasteiger partial charge in [-0.1, -0.05) is 42.5 Å². The smallest absolute Gasteiger partial charge is 0.159 e. The molecule has 0 saturated heterocycles. The van der Waals surface area contributed by atoms with Gasteiger partial charge in [0.05, 0.1) is 23.4 Å². The van der Waals surface area contributed by atoms with Gasteiger partial charge in [0.1, 0.15) is 12.1 Å². The summed E-state index contributed by atoms with van der Waals surface area (Å²) in [6.07, 6.45) is 5.26. The Morgan fingerprint density at radius 3 is 2.62 bits per heavy atom. The van der Waals surface area contributed by atoms with Crippen LogP contribution in [-0.4, -0.2) is 19.5 Å². The number of fused-ring (bicyclic) bond motifs is 1. The molecule has 5 nitrogen and oxygen atoms in total. The number of imidazole rings is 1. The number of nitrogens with one attached hydrogen (secondary N) is 1. The molecule has 1 N–H and O–H groups in total. The summed E-state index contributed by atoms with van der Waals surface area (Å²) in [6, 6.07) is 18.4. The van der Waals surface area contributed by atoms with Gasteiger partial charge in [0.25, 0.3) is 0 Å². The second-order valence-corrected chi connectivity index (χ2v) is 5.64. The molecule has 0 bridgehead atoms. The van der Waals surface area contributed by atoms with Gasteiger partial charge >= 0.3 is 0 Å². The number of rotatable bonds is 4. The first-order chi connectivity index (χ1) is 11.8. The van der Waals surface area contributed by atoms with Gasteiger partial charge in [-0.2, -0.15) is 0 Å². The molecule has 0 spiro atoms. The molecule has 4 rings (SSSR count). The zero-order valence-corrected chi connectivity index (χ0v) is 13.3. The number of benzene rings is 2. The summed E-state index contributed by atoms with van der Waals surface area (Å²) in [4.78, 5) is 13.4. The Morgan fingerprint density at radius 1 is 0.958 bits per heavy atom. The largest absolute Gasteiger partial charge is 0.362 e. The van der Waals surface area contributed by atoms with E-state index in [2.05, 4.69) is 39.3 Å². The maximum atomic E-state index is 4.68. The lowest BCUT2D eigenvalue weighted by atomic mass is 10.1. The monoisotopic (exact) mass is 315 g/mol. The number of hydrogen-bond donors (Lipinski definition) is 1. The normalized spacial score (nSPS) is 12.2. The van der Waals surface area contributed by atoms with Crippen molar-refractivity contribution in [1.82, 2.24) is 19.5 Å². The van der Waals surface area contributed by atoms with Crippen molar-refractivity contribution in [2.75, 3.05) is 5.32 Å². The molecule has 0 aliphatic carbocycles. The summed E-state index contributed by atoms with van der Waals surface area (Å²) in [5, 5.41) is 3.40. The standard InChI is InChI=1S/C19H17N5/c1-14(15-7-3-2-4-8-15)22-18-11-20-12-19(23-18)24-13-21-16-9-5-6-10-17(16)24/h2-14H,1H3,(H,22,23)/t14-/m1/s1. The summed E-state index contributed by atoms with van der Waals surface area (Å²) in [5.41, 5.74) is 3.16. The Hall–Kier alpha value is -3.21. The van der Waals surface area contributed by atoms with Crippen molar-refractivity contribution in [3.63, 3.8) is 0 Å². The average molecular weight is 315 g/mol. The summed E-state index contributed by atoms with van der Waals surface area (Å²) in [7, 11) is 0. The van der Waals surface area contributed by atoms with Gasteiger partial charge in [-0.25, -0.2) is 9.97 Å². The molecule has 1 atom stereocenters. The van der Waals surface area contributed by atoms with Gasteiger partial charge in [0.2, 0.25) is 0 Å². The van der Waals surface area contributed by atoms with Crippen molar-refractivity contribution >= 4 is 16.9 Å². The van der Waals surface area contributed by atoms with Gasteiger partial charge in [-0.05, 0) is 24.6 Å². The number of nitrogens with zero attached hydrogens (tertiary/aromatic N) is 4. The second-order valence-electron chi connectivity index (χ2n) is 5.64. The number of hydrogen-bond acceptors (Lipinski definition) is 4. The molecule has 24 heavy (non-hydrogen) atoms. The van der Waals surface area contributed by atoms with Crippen LogP contribution in [0.4, 0.5) is 5.82 Å². The minimum absolute atomic E-state index is 0.148. The highest BCUT2D eigenvalue weighted by Crippen LogP contribution is 2.20. The molecule has 0 aliphatic heterocycles. The van der Waals surface area contributed by atoms with Crippen molar-refractivity contribution in [1.29, 1.82) is 0 Å². The Balaban J connectivity index is 1.64. The van der Waals surface area contributed by atoms with Gasteiger partial charge in [-0.3, -0.25) is 9.55 Å². The van der Waals surface area contributed by atoms with E-state index in [0.29, 0.717) is 0 Å². The molecule has 2 aromatic carbocycles. The molecule has 118 valence electrons. The first-order valence-corrected chi connectivity index (χ1v) is 7.87. The van der Waals surface area contributed by atoms with Crippen LogP contribution in [0.3, 0.4) is 0 Å². The molecular weight excluding hydrogens is 298 g/mol. The Labute approximate surface area is 140 Å². The predicted octanol–water partition coefficient (Wildman–Crippen LogP) is 3.99. The topological polar surface area (TPSA) is 55.6 Å². The highest BCUT2D eigenvalue weighted by molar-refractivity contribution is 5.76. The quantitative estimate of drug-likeness (QED) is 0.619. The summed E-state index contributed by atoms with van der Waals surface area (Å²) >= 11 is 0. The fourth-order valence-electron chi connectivity index (χ4n) is 2.73. The average Bonchev–Trinajstić information content (AvgIpc) is 3.07. The lowest BCUT2D eigenvalue weighted by Crippen LogP contribution is -2.09. The van der Waals surface area contributed by atoms with Gasteiger partial charge in [-0.15, -0.1) is 0 Å². The highest BCUT2D eigenvalue weighted by Gasteiger charge is 2.09. The van der Waals surface area contributed by atoms with Crippen LogP contribution in [0.15, 0.2) is 73.3 Å². The van der Waals surface area contributed by atoms with E-state index in [1.54, 1.807) is 18.7 Å². The van der Waals surface area contributed by atoms with Crippen molar-refractivity contribution in [2.24, 2.45) is 0 Å². The summed E-state index contributed by atoms with van der Waals surface area (Å²) < 4.78 is 1.95. The van der Waals surface area contributed by atoms with E-state index in [1.165, 1.54) is 5.56 Å². The van der Waals surface area contributed by atoms with Crippen LogP contribution in [0, 0.1) is 0 Å². The minimum Gasteiger partial charge on any atom is -0.362 e. The number of anilines is 1. The molecular formula is C19H17N5. The van der Waals surface area contributed by atoms with Gasteiger partial charge in [0.15, 0.2) is 5.82 Å². The van der Waals surface area contributed by atoms with Gasteiger partial charge < -0.3 is 5.32 Å². The van der Waals surface area contributed by atoms with Crippen molar-refractivity contribution in [2.45, 2.75) is 13.0 Å². The van der Waals surface area contributed by atoms with E-state index in [9.17, 15) is 0 Å². The van der Waals surface area contributed by atoms with Crippen molar-refractivity contribution in [3.8, 4) is 5.82 Å². The molecule has 5 heteroatoms. The Kier molecular flexibility index (Phi) is 3.67. The first-order valence-electron chi connectivity index (χ1n) is 7.87. The maximum Gasteiger partial charge on any atom is 0.159 e. The molecule has 0 fully saturated rings. The SMILES string of the molecule is C[C@@H](Nc1cncc(-n2cnc3ccccc32)n1)c1ccccc1. The Bertz CT molecular complexity index is 962. The second kappa shape index (κ2) is 6.12. The minimum atomic E-state index is 0.148. The molecule has 4 aromatic rings. The van der Waals surface area contributed by atoms with Crippen LogP contribution < -0.4 is 5.32 Å². The van der Waals surface area contributed by atoms with E-state index in [-0.39, 0.29) is 6.04 Å². The van der Waals surface area contributed by atoms with Crippen LogP contribution in [0.1, 0.15) is 18.5 Å². The van der Waals surface area contributed by atoms with Crippen molar-refractivity contribution in [3.05, 3.63) is 78.9 Å². The van der Waals surface area contributed by atoms with Crippen LogP contribution in [-0.2, 0) is 0 Å². The maximum absolute atomic E-state index is 4.68. The summed E-state index contributed by atoms with van der Waals surface area (Å²) in [6.45, 7) is 2.11. The van der Waals surface area contributed by atoms with Gasteiger partial charge in [0, 0.05) is 6.04 Å². The fraction of sp³-hybridized carbons (Fsp3) is 0.105. The van der Waals surface area contributed by atoms with Crippen LogP contribution in [0.5, 0.6) is 0 Å². The molecule has 0 saturated carbocycles. The number of para-hydroxylation sites is 2. The van der Waals surface area contributed by atoms with E-state index in [1.807, 2.05) is 47.0 Å². The lowest BCUT2D eigenvalue weighted by Gasteiger charge is -2.15. The zero-order valence-electron chi connectivity index (χ0n) is 13.3. The number of aromatic nitrogens is 4. The third kappa shape index (κ3) is 2.72. The third-order valence-electron chi connectivity index (χ3n) is 3.99. The molecule has 0 amide bonds. The van der Waals surface area contributed by atoms with Crippen molar-refractivity contribution < 1.29 is 0 Å². The van der Waals surface area contributed by atoms with E-state index in [4.69, 9.17) is 0 Å². The van der Waals surface area contributed by atoms with E-state index in [0.717, 1.165) is 22.7 Å². The van der Waals surface area contributed by atoms with E-state index < -0.39 is 0 Å². The Morgan fingerprint density at radius 2 is 1.75 bits per heavy atom. The lowest BCUT2D eigenvalue weighted by molar-refractivity contribution is 0.865. The molecule has 0 aliphatic rings. The van der Waals surface area contributed by atoms with Crippen LogP contribution in [0.2, 0.25) is 0 Å². The molecule has 2 heterocycles. The fourth-order valence-corrected chi connectivity index (χ4v) is 2.73. The zero-order chi connectivity index (χ0) is 16.4. The summed E-state index contributed by atoms with van der Waals surface area (Å²) in [5.74, 6) is 1.48. The first kappa shape index (κ1) is 14.4. The molecule has 0 radical (unpaired) electrons. The van der Waals surface area contributed by atoms with Crippen LogP contribution >= 0.6 is 0 Å². The predicted molar refractivity (Wildman–Crippen MR) is 95.1 cm³/mol.